The zero-order valence-corrected chi connectivity index (χ0v) is 13.2. The van der Waals surface area contributed by atoms with Gasteiger partial charge in [0.1, 0.15) is 0 Å². The molecule has 1 heterocycles. The molecule has 2 aromatic carbocycles. The van der Waals surface area contributed by atoms with Gasteiger partial charge < -0.3 is 15.0 Å². The van der Waals surface area contributed by atoms with E-state index in [0.717, 1.165) is 38.4 Å². The Balaban J connectivity index is 1.49. The van der Waals surface area contributed by atoms with E-state index in [1.807, 2.05) is 30.3 Å². The minimum Gasteiger partial charge on any atom is -0.378 e. The van der Waals surface area contributed by atoms with E-state index in [1.54, 1.807) is 0 Å². The van der Waals surface area contributed by atoms with Gasteiger partial charge in [0, 0.05) is 30.9 Å². The van der Waals surface area contributed by atoms with E-state index in [-0.39, 0.29) is 5.91 Å². The minimum absolute atomic E-state index is 0.0495. The lowest BCUT2D eigenvalue weighted by atomic mass is 10.1. The molecule has 1 saturated heterocycles. The molecular formula is C19H22N2O2. The number of carbonyl (C=O) groups excluding carboxylic acids is 1. The van der Waals surface area contributed by atoms with E-state index in [4.69, 9.17) is 4.74 Å². The number of aryl methyl sites for hydroxylation is 1. The number of hydrogen-bond acceptors (Lipinski definition) is 3. The Labute approximate surface area is 137 Å². The second kappa shape index (κ2) is 7.79. The van der Waals surface area contributed by atoms with E-state index in [2.05, 4.69) is 34.5 Å². The SMILES string of the molecule is O=C(CCc1ccc(N2CCOCC2)cc1)Nc1ccccc1. The summed E-state index contributed by atoms with van der Waals surface area (Å²) in [6.07, 6.45) is 1.24. The molecule has 4 heteroatoms. The summed E-state index contributed by atoms with van der Waals surface area (Å²) in [4.78, 5) is 14.3. The summed E-state index contributed by atoms with van der Waals surface area (Å²) >= 11 is 0. The second-order valence-electron chi connectivity index (χ2n) is 5.68. The van der Waals surface area contributed by atoms with Gasteiger partial charge in [-0.05, 0) is 36.2 Å². The van der Waals surface area contributed by atoms with Gasteiger partial charge in [0.2, 0.25) is 5.91 Å². The zero-order chi connectivity index (χ0) is 15.9. The standard InChI is InChI=1S/C19H22N2O2/c22-19(20-17-4-2-1-3-5-17)11-8-16-6-9-18(10-7-16)21-12-14-23-15-13-21/h1-7,9-10H,8,11-15H2,(H,20,22). The molecule has 0 aliphatic carbocycles. The van der Waals surface area contributed by atoms with Crippen molar-refractivity contribution in [1.29, 1.82) is 0 Å². The second-order valence-corrected chi connectivity index (χ2v) is 5.68. The predicted octanol–water partition coefficient (Wildman–Crippen LogP) is 3.09. The average molecular weight is 310 g/mol. The summed E-state index contributed by atoms with van der Waals surface area (Å²) in [5.74, 6) is 0.0495. The molecule has 0 bridgehead atoms. The number of ether oxygens (including phenoxy) is 1. The Morgan fingerprint density at radius 3 is 2.39 bits per heavy atom. The highest BCUT2D eigenvalue weighted by atomic mass is 16.5. The molecule has 0 spiro atoms. The molecule has 1 amide bonds. The Kier molecular flexibility index (Phi) is 5.27. The fourth-order valence-electron chi connectivity index (χ4n) is 2.70. The average Bonchev–Trinajstić information content (AvgIpc) is 2.62. The fraction of sp³-hybridized carbons (Fsp3) is 0.316. The maximum Gasteiger partial charge on any atom is 0.224 e. The van der Waals surface area contributed by atoms with Crippen LogP contribution in [0.2, 0.25) is 0 Å². The van der Waals surface area contributed by atoms with Crippen LogP contribution in [0, 0.1) is 0 Å². The summed E-state index contributed by atoms with van der Waals surface area (Å²) in [7, 11) is 0. The van der Waals surface area contributed by atoms with Gasteiger partial charge in [-0.15, -0.1) is 0 Å². The number of benzene rings is 2. The quantitative estimate of drug-likeness (QED) is 0.922. The topological polar surface area (TPSA) is 41.6 Å². The van der Waals surface area contributed by atoms with Gasteiger partial charge in [0.05, 0.1) is 13.2 Å². The molecule has 1 aliphatic heterocycles. The number of nitrogens with zero attached hydrogens (tertiary/aromatic N) is 1. The van der Waals surface area contributed by atoms with E-state index in [0.29, 0.717) is 6.42 Å². The number of para-hydroxylation sites is 1. The van der Waals surface area contributed by atoms with Crippen molar-refractivity contribution in [2.45, 2.75) is 12.8 Å². The molecule has 0 radical (unpaired) electrons. The number of carbonyl (C=O) groups is 1. The lowest BCUT2D eigenvalue weighted by Gasteiger charge is -2.28. The number of amides is 1. The maximum atomic E-state index is 12.0. The van der Waals surface area contributed by atoms with Crippen molar-refractivity contribution < 1.29 is 9.53 Å². The van der Waals surface area contributed by atoms with Crippen molar-refractivity contribution in [3.05, 3.63) is 60.2 Å². The van der Waals surface area contributed by atoms with Gasteiger partial charge in [-0.2, -0.15) is 0 Å². The van der Waals surface area contributed by atoms with Crippen LogP contribution in [-0.4, -0.2) is 32.2 Å². The molecule has 0 saturated carbocycles. The number of anilines is 2. The van der Waals surface area contributed by atoms with Crippen molar-refractivity contribution >= 4 is 17.3 Å². The van der Waals surface area contributed by atoms with Crippen molar-refractivity contribution in [2.75, 3.05) is 36.5 Å². The molecule has 3 rings (SSSR count). The van der Waals surface area contributed by atoms with Crippen molar-refractivity contribution in [2.24, 2.45) is 0 Å². The lowest BCUT2D eigenvalue weighted by molar-refractivity contribution is -0.116. The lowest BCUT2D eigenvalue weighted by Crippen LogP contribution is -2.36. The number of morpholine rings is 1. The molecule has 2 aromatic rings. The maximum absolute atomic E-state index is 12.0. The van der Waals surface area contributed by atoms with Gasteiger partial charge in [-0.3, -0.25) is 4.79 Å². The first-order chi connectivity index (χ1) is 11.3. The number of nitrogens with one attached hydrogen (secondary N) is 1. The van der Waals surface area contributed by atoms with Crippen molar-refractivity contribution in [3.63, 3.8) is 0 Å². The van der Waals surface area contributed by atoms with Crippen LogP contribution in [-0.2, 0) is 16.0 Å². The Morgan fingerprint density at radius 1 is 1.00 bits per heavy atom. The Hall–Kier alpha value is -2.33. The summed E-state index contributed by atoms with van der Waals surface area (Å²) in [5, 5.41) is 2.91. The van der Waals surface area contributed by atoms with Crippen LogP contribution in [0.1, 0.15) is 12.0 Å². The van der Waals surface area contributed by atoms with Gasteiger partial charge in [0.25, 0.3) is 0 Å². The summed E-state index contributed by atoms with van der Waals surface area (Å²) in [5.41, 5.74) is 3.26. The normalized spacial score (nSPS) is 14.5. The van der Waals surface area contributed by atoms with Gasteiger partial charge in [-0.1, -0.05) is 30.3 Å². The zero-order valence-electron chi connectivity index (χ0n) is 13.2. The van der Waals surface area contributed by atoms with Crippen molar-refractivity contribution in [3.8, 4) is 0 Å². The van der Waals surface area contributed by atoms with E-state index in [9.17, 15) is 4.79 Å². The first kappa shape index (κ1) is 15.6. The van der Waals surface area contributed by atoms with E-state index >= 15 is 0 Å². The van der Waals surface area contributed by atoms with Crippen LogP contribution in [0.4, 0.5) is 11.4 Å². The summed E-state index contributed by atoms with van der Waals surface area (Å²) < 4.78 is 5.37. The van der Waals surface area contributed by atoms with Crippen LogP contribution < -0.4 is 10.2 Å². The fourth-order valence-corrected chi connectivity index (χ4v) is 2.70. The first-order valence-electron chi connectivity index (χ1n) is 8.08. The largest absolute Gasteiger partial charge is 0.378 e. The molecule has 0 aromatic heterocycles. The Morgan fingerprint density at radius 2 is 1.70 bits per heavy atom. The van der Waals surface area contributed by atoms with Crippen LogP contribution in [0.25, 0.3) is 0 Å². The summed E-state index contributed by atoms with van der Waals surface area (Å²) in [6, 6.07) is 18.1. The smallest absolute Gasteiger partial charge is 0.224 e. The van der Waals surface area contributed by atoms with Crippen LogP contribution in [0.5, 0.6) is 0 Å². The monoisotopic (exact) mass is 310 g/mol. The van der Waals surface area contributed by atoms with E-state index in [1.165, 1.54) is 11.3 Å². The molecule has 23 heavy (non-hydrogen) atoms. The van der Waals surface area contributed by atoms with Crippen molar-refractivity contribution in [1.82, 2.24) is 0 Å². The predicted molar refractivity (Wildman–Crippen MR) is 92.9 cm³/mol. The van der Waals surface area contributed by atoms with E-state index < -0.39 is 0 Å². The van der Waals surface area contributed by atoms with Gasteiger partial charge in [0.15, 0.2) is 0 Å². The molecule has 1 fully saturated rings. The van der Waals surface area contributed by atoms with Crippen LogP contribution in [0.3, 0.4) is 0 Å². The molecule has 1 N–H and O–H groups in total. The highest BCUT2D eigenvalue weighted by molar-refractivity contribution is 5.90. The third-order valence-corrected chi connectivity index (χ3v) is 4.01. The molecule has 0 atom stereocenters. The summed E-state index contributed by atoms with van der Waals surface area (Å²) in [6.45, 7) is 3.47. The highest BCUT2D eigenvalue weighted by Crippen LogP contribution is 2.17. The minimum atomic E-state index is 0.0495. The number of hydrogen-bond donors (Lipinski definition) is 1. The van der Waals surface area contributed by atoms with Crippen LogP contribution in [0.15, 0.2) is 54.6 Å². The molecule has 0 unspecified atom stereocenters. The van der Waals surface area contributed by atoms with Gasteiger partial charge in [-0.25, -0.2) is 0 Å². The third-order valence-electron chi connectivity index (χ3n) is 4.01. The first-order valence-corrected chi connectivity index (χ1v) is 8.08. The molecule has 120 valence electrons. The molecule has 1 aliphatic rings. The van der Waals surface area contributed by atoms with Crippen LogP contribution >= 0.6 is 0 Å². The highest BCUT2D eigenvalue weighted by Gasteiger charge is 2.11. The molecule has 4 nitrogen and oxygen atoms in total. The molecular weight excluding hydrogens is 288 g/mol. The third kappa shape index (κ3) is 4.57. The van der Waals surface area contributed by atoms with Gasteiger partial charge >= 0.3 is 0 Å². The Bertz CT molecular complexity index is 620. The number of rotatable bonds is 5.